The standard InChI is InChI=1S/C17H15BrFN3O2S/c18-12-6-7-13(19)11(9-12)10-20-15(23)4-1-5-16-21-17(22-24-16)14-3-2-8-25-14/h2-3,6-9H,1,4-5,10H2,(H,20,23). The summed E-state index contributed by atoms with van der Waals surface area (Å²) in [7, 11) is 0. The fraction of sp³-hybridized carbons (Fsp3) is 0.235. The van der Waals surface area contributed by atoms with Crippen LogP contribution in [0.1, 0.15) is 24.3 Å². The van der Waals surface area contributed by atoms with Crippen LogP contribution in [0, 0.1) is 5.82 Å². The van der Waals surface area contributed by atoms with E-state index >= 15 is 0 Å². The smallest absolute Gasteiger partial charge is 0.226 e. The van der Waals surface area contributed by atoms with Gasteiger partial charge in [-0.15, -0.1) is 11.3 Å². The first-order valence-electron chi connectivity index (χ1n) is 7.69. The second kappa shape index (κ2) is 8.35. The minimum atomic E-state index is -0.338. The quantitative estimate of drug-likeness (QED) is 0.613. The highest BCUT2D eigenvalue weighted by Gasteiger charge is 2.10. The lowest BCUT2D eigenvalue weighted by Gasteiger charge is -2.06. The number of hydrogen-bond donors (Lipinski definition) is 1. The molecule has 1 amide bonds. The fourth-order valence-corrected chi connectivity index (χ4v) is 3.28. The van der Waals surface area contributed by atoms with Gasteiger partial charge in [0, 0.05) is 29.4 Å². The van der Waals surface area contributed by atoms with Crippen molar-refractivity contribution in [3.8, 4) is 10.7 Å². The molecular formula is C17H15BrFN3O2S. The van der Waals surface area contributed by atoms with E-state index in [1.807, 2.05) is 17.5 Å². The Hall–Kier alpha value is -2.06. The average molecular weight is 424 g/mol. The van der Waals surface area contributed by atoms with Crippen molar-refractivity contribution in [2.45, 2.75) is 25.8 Å². The number of thiophene rings is 1. The van der Waals surface area contributed by atoms with Gasteiger partial charge in [-0.25, -0.2) is 4.39 Å². The molecule has 0 atom stereocenters. The summed E-state index contributed by atoms with van der Waals surface area (Å²) in [6, 6.07) is 8.49. The molecule has 130 valence electrons. The number of benzene rings is 1. The zero-order valence-electron chi connectivity index (χ0n) is 13.2. The molecule has 3 aromatic rings. The van der Waals surface area contributed by atoms with E-state index in [-0.39, 0.29) is 18.3 Å². The van der Waals surface area contributed by atoms with E-state index in [9.17, 15) is 9.18 Å². The maximum Gasteiger partial charge on any atom is 0.226 e. The number of aryl methyl sites for hydroxylation is 1. The van der Waals surface area contributed by atoms with E-state index in [0.717, 1.165) is 9.35 Å². The Morgan fingerprint density at radius 2 is 2.24 bits per heavy atom. The van der Waals surface area contributed by atoms with E-state index in [1.165, 1.54) is 6.07 Å². The lowest BCUT2D eigenvalue weighted by atomic mass is 10.2. The van der Waals surface area contributed by atoms with E-state index in [1.54, 1.807) is 23.5 Å². The monoisotopic (exact) mass is 423 g/mol. The summed E-state index contributed by atoms with van der Waals surface area (Å²) in [5.41, 5.74) is 0.445. The number of aromatic nitrogens is 2. The predicted octanol–water partition coefficient (Wildman–Crippen LogP) is 4.34. The molecule has 2 aromatic heterocycles. The van der Waals surface area contributed by atoms with Gasteiger partial charge in [0.05, 0.1) is 4.88 Å². The van der Waals surface area contributed by atoms with Gasteiger partial charge in [0.25, 0.3) is 0 Å². The highest BCUT2D eigenvalue weighted by molar-refractivity contribution is 9.10. The van der Waals surface area contributed by atoms with Crippen molar-refractivity contribution in [2.24, 2.45) is 0 Å². The minimum Gasteiger partial charge on any atom is -0.352 e. The molecule has 5 nitrogen and oxygen atoms in total. The molecule has 0 aliphatic carbocycles. The highest BCUT2D eigenvalue weighted by atomic mass is 79.9. The third-order valence-corrected chi connectivity index (χ3v) is 4.85. The van der Waals surface area contributed by atoms with Crippen LogP contribution in [0.4, 0.5) is 4.39 Å². The first-order chi connectivity index (χ1) is 12.1. The van der Waals surface area contributed by atoms with Gasteiger partial charge in [-0.1, -0.05) is 27.2 Å². The average Bonchev–Trinajstić information content (AvgIpc) is 3.27. The predicted molar refractivity (Wildman–Crippen MR) is 96.5 cm³/mol. The molecule has 0 aliphatic rings. The summed E-state index contributed by atoms with van der Waals surface area (Å²) in [4.78, 5) is 17.1. The second-order valence-corrected chi connectivity index (χ2v) is 7.22. The van der Waals surface area contributed by atoms with Crippen LogP contribution in [0.2, 0.25) is 0 Å². The lowest BCUT2D eigenvalue weighted by molar-refractivity contribution is -0.121. The SMILES string of the molecule is O=C(CCCc1nc(-c2cccs2)no1)NCc1cc(Br)ccc1F. The Kier molecular flexibility index (Phi) is 5.93. The van der Waals surface area contributed by atoms with E-state index in [0.29, 0.717) is 36.5 Å². The van der Waals surface area contributed by atoms with Gasteiger partial charge in [-0.3, -0.25) is 4.79 Å². The fourth-order valence-electron chi connectivity index (χ4n) is 2.22. The Morgan fingerprint density at radius 1 is 1.36 bits per heavy atom. The molecule has 0 radical (unpaired) electrons. The first kappa shape index (κ1) is 17.8. The van der Waals surface area contributed by atoms with Crippen LogP contribution in [0.3, 0.4) is 0 Å². The molecule has 0 fully saturated rings. The van der Waals surface area contributed by atoms with Crippen LogP contribution >= 0.6 is 27.3 Å². The molecule has 0 aliphatic heterocycles. The van der Waals surface area contributed by atoms with Gasteiger partial charge >= 0.3 is 0 Å². The number of rotatable bonds is 7. The van der Waals surface area contributed by atoms with Crippen LogP contribution in [0.25, 0.3) is 10.7 Å². The number of nitrogens with zero attached hydrogens (tertiary/aromatic N) is 2. The summed E-state index contributed by atoms with van der Waals surface area (Å²) < 4.78 is 19.6. The molecule has 0 bridgehead atoms. The normalized spacial score (nSPS) is 10.8. The zero-order chi connectivity index (χ0) is 17.6. The minimum absolute atomic E-state index is 0.141. The van der Waals surface area contributed by atoms with Gasteiger partial charge in [-0.2, -0.15) is 4.98 Å². The Labute approximate surface area is 156 Å². The van der Waals surface area contributed by atoms with E-state index < -0.39 is 0 Å². The number of carbonyl (C=O) groups is 1. The molecule has 1 N–H and O–H groups in total. The molecule has 0 unspecified atom stereocenters. The van der Waals surface area contributed by atoms with Crippen LogP contribution in [0.15, 0.2) is 44.7 Å². The summed E-state index contributed by atoms with van der Waals surface area (Å²) in [6.45, 7) is 0.160. The van der Waals surface area contributed by atoms with Crippen LogP contribution < -0.4 is 5.32 Å². The summed E-state index contributed by atoms with van der Waals surface area (Å²) in [6.07, 6.45) is 1.42. The summed E-state index contributed by atoms with van der Waals surface area (Å²) in [5, 5.41) is 8.59. The molecule has 0 saturated carbocycles. The Bertz CT molecular complexity index is 851. The molecular weight excluding hydrogens is 409 g/mol. The number of hydrogen-bond acceptors (Lipinski definition) is 5. The van der Waals surface area contributed by atoms with Crippen molar-refractivity contribution < 1.29 is 13.7 Å². The van der Waals surface area contributed by atoms with Crippen LogP contribution in [-0.4, -0.2) is 16.0 Å². The highest BCUT2D eigenvalue weighted by Crippen LogP contribution is 2.21. The van der Waals surface area contributed by atoms with Gasteiger partial charge < -0.3 is 9.84 Å². The van der Waals surface area contributed by atoms with Crippen molar-refractivity contribution >= 4 is 33.2 Å². The van der Waals surface area contributed by atoms with Gasteiger partial charge in [0.15, 0.2) is 0 Å². The van der Waals surface area contributed by atoms with E-state index in [4.69, 9.17) is 4.52 Å². The molecule has 8 heteroatoms. The summed E-state index contributed by atoms with van der Waals surface area (Å²) >= 11 is 4.83. The van der Waals surface area contributed by atoms with Crippen LogP contribution in [-0.2, 0) is 17.8 Å². The molecule has 0 spiro atoms. The number of carbonyl (C=O) groups excluding carboxylic acids is 1. The van der Waals surface area contributed by atoms with Gasteiger partial charge in [0.2, 0.25) is 17.6 Å². The second-order valence-electron chi connectivity index (χ2n) is 5.36. The van der Waals surface area contributed by atoms with Crippen molar-refractivity contribution in [2.75, 3.05) is 0 Å². The van der Waals surface area contributed by atoms with Crippen molar-refractivity contribution in [1.29, 1.82) is 0 Å². The van der Waals surface area contributed by atoms with Crippen LogP contribution in [0.5, 0.6) is 0 Å². The molecule has 1 aromatic carbocycles. The first-order valence-corrected chi connectivity index (χ1v) is 9.36. The number of halogens is 2. The van der Waals surface area contributed by atoms with Crippen molar-refractivity contribution in [3.05, 3.63) is 57.5 Å². The Balaban J connectivity index is 1.43. The molecule has 2 heterocycles. The van der Waals surface area contributed by atoms with E-state index in [2.05, 4.69) is 31.4 Å². The third-order valence-electron chi connectivity index (χ3n) is 3.49. The van der Waals surface area contributed by atoms with Crippen molar-refractivity contribution in [1.82, 2.24) is 15.5 Å². The maximum absolute atomic E-state index is 13.6. The number of nitrogens with one attached hydrogen (secondary N) is 1. The molecule has 0 saturated heterocycles. The zero-order valence-corrected chi connectivity index (χ0v) is 15.6. The summed E-state index contributed by atoms with van der Waals surface area (Å²) in [5.74, 6) is 0.599. The topological polar surface area (TPSA) is 68.0 Å². The molecule has 25 heavy (non-hydrogen) atoms. The largest absolute Gasteiger partial charge is 0.352 e. The molecule has 3 rings (SSSR count). The Morgan fingerprint density at radius 3 is 3.04 bits per heavy atom. The maximum atomic E-state index is 13.6. The van der Waals surface area contributed by atoms with Gasteiger partial charge in [0.1, 0.15) is 5.82 Å². The lowest BCUT2D eigenvalue weighted by Crippen LogP contribution is -2.23. The van der Waals surface area contributed by atoms with Gasteiger partial charge in [-0.05, 0) is 36.1 Å². The number of amides is 1. The van der Waals surface area contributed by atoms with Crippen molar-refractivity contribution in [3.63, 3.8) is 0 Å². The third kappa shape index (κ3) is 4.96.